The molecule has 0 saturated carbocycles. The number of hydrogen-bond acceptors (Lipinski definition) is 6. The van der Waals surface area contributed by atoms with E-state index in [-0.39, 0.29) is 11.9 Å². The van der Waals surface area contributed by atoms with E-state index in [1.807, 2.05) is 18.1 Å². The van der Waals surface area contributed by atoms with Crippen LogP contribution >= 0.6 is 0 Å². The van der Waals surface area contributed by atoms with Crippen LogP contribution in [-0.2, 0) is 7.05 Å². The molecule has 1 atom stereocenters. The Morgan fingerprint density at radius 2 is 2.19 bits per heavy atom. The molecule has 0 spiro atoms. The van der Waals surface area contributed by atoms with Crippen LogP contribution in [-0.4, -0.2) is 37.3 Å². The minimum absolute atomic E-state index is 0.0455. The first-order valence-corrected chi connectivity index (χ1v) is 8.81. The van der Waals surface area contributed by atoms with Crippen molar-refractivity contribution in [1.82, 2.24) is 24.8 Å². The lowest BCUT2D eigenvalue weighted by Gasteiger charge is -2.27. The standard InChI is InChI=1S/C18H21N5O3/c1-12-14(7-9-25-12)18(24)23-8-5-3-4-6-15(23)16-20-17(26-21-16)13-10-19-22(2)11-13/h7,9-11,15H,3-6,8H2,1-2H3/t15-/m1/s1. The second-order valence-electron chi connectivity index (χ2n) is 6.61. The molecular weight excluding hydrogens is 334 g/mol. The highest BCUT2D eigenvalue weighted by Crippen LogP contribution is 2.31. The molecule has 1 aliphatic rings. The van der Waals surface area contributed by atoms with Crippen LogP contribution in [0.3, 0.4) is 0 Å². The molecule has 1 fully saturated rings. The molecular formula is C18H21N5O3. The summed E-state index contributed by atoms with van der Waals surface area (Å²) in [5, 5.41) is 8.29. The Morgan fingerprint density at radius 3 is 2.92 bits per heavy atom. The van der Waals surface area contributed by atoms with Gasteiger partial charge in [-0.05, 0) is 25.8 Å². The van der Waals surface area contributed by atoms with Crippen LogP contribution in [0.4, 0.5) is 0 Å². The van der Waals surface area contributed by atoms with Crippen molar-refractivity contribution in [3.8, 4) is 11.5 Å². The number of carbonyl (C=O) groups excluding carboxylic acids is 1. The number of nitrogens with zero attached hydrogens (tertiary/aromatic N) is 5. The van der Waals surface area contributed by atoms with Gasteiger partial charge in [0.2, 0.25) is 0 Å². The van der Waals surface area contributed by atoms with Gasteiger partial charge in [-0.1, -0.05) is 18.0 Å². The number of likely N-dealkylation sites (tertiary alicyclic amines) is 1. The number of aromatic nitrogens is 4. The molecule has 0 aromatic carbocycles. The average molecular weight is 355 g/mol. The second kappa shape index (κ2) is 6.78. The predicted molar refractivity (Wildman–Crippen MR) is 92.2 cm³/mol. The minimum Gasteiger partial charge on any atom is -0.469 e. The molecule has 0 bridgehead atoms. The van der Waals surface area contributed by atoms with Gasteiger partial charge in [-0.25, -0.2) is 0 Å². The summed E-state index contributed by atoms with van der Waals surface area (Å²) in [4.78, 5) is 19.5. The number of hydrogen-bond donors (Lipinski definition) is 0. The Hall–Kier alpha value is -2.90. The van der Waals surface area contributed by atoms with Crippen molar-refractivity contribution in [2.75, 3.05) is 6.54 Å². The number of carbonyl (C=O) groups is 1. The Morgan fingerprint density at radius 1 is 1.31 bits per heavy atom. The van der Waals surface area contributed by atoms with Crippen molar-refractivity contribution in [2.45, 2.75) is 38.6 Å². The Kier molecular flexibility index (Phi) is 4.32. The van der Waals surface area contributed by atoms with Crippen LogP contribution in [0, 0.1) is 6.92 Å². The van der Waals surface area contributed by atoms with E-state index in [0.29, 0.717) is 29.6 Å². The fraction of sp³-hybridized carbons (Fsp3) is 0.444. The minimum atomic E-state index is -0.200. The van der Waals surface area contributed by atoms with Gasteiger partial charge in [0, 0.05) is 19.8 Å². The van der Waals surface area contributed by atoms with E-state index >= 15 is 0 Å². The van der Waals surface area contributed by atoms with Crippen LogP contribution < -0.4 is 0 Å². The van der Waals surface area contributed by atoms with Gasteiger partial charge in [0.05, 0.1) is 29.6 Å². The zero-order chi connectivity index (χ0) is 18.1. The summed E-state index contributed by atoms with van der Waals surface area (Å²) >= 11 is 0. The first-order chi connectivity index (χ1) is 12.6. The average Bonchev–Trinajstić information content (AvgIpc) is 3.33. The highest BCUT2D eigenvalue weighted by molar-refractivity contribution is 5.95. The van der Waals surface area contributed by atoms with Gasteiger partial charge in [-0.3, -0.25) is 9.48 Å². The molecule has 136 valence electrons. The number of furan rings is 1. The molecule has 3 aromatic heterocycles. The molecule has 3 aromatic rings. The summed E-state index contributed by atoms with van der Waals surface area (Å²) in [7, 11) is 1.83. The maximum absolute atomic E-state index is 13.1. The van der Waals surface area contributed by atoms with Gasteiger partial charge >= 0.3 is 0 Å². The molecule has 1 saturated heterocycles. The van der Waals surface area contributed by atoms with Crippen molar-refractivity contribution in [3.05, 3.63) is 41.9 Å². The van der Waals surface area contributed by atoms with Crippen LogP contribution in [0.15, 0.2) is 33.7 Å². The van der Waals surface area contributed by atoms with Gasteiger partial charge in [0.1, 0.15) is 5.76 Å². The lowest BCUT2D eigenvalue weighted by atomic mass is 10.1. The van der Waals surface area contributed by atoms with Gasteiger partial charge < -0.3 is 13.8 Å². The monoisotopic (exact) mass is 355 g/mol. The zero-order valence-electron chi connectivity index (χ0n) is 14.9. The maximum Gasteiger partial charge on any atom is 0.261 e. The normalized spacial score (nSPS) is 18.1. The van der Waals surface area contributed by atoms with Gasteiger partial charge in [-0.15, -0.1) is 0 Å². The number of aryl methyl sites for hydroxylation is 2. The smallest absolute Gasteiger partial charge is 0.261 e. The molecule has 1 amide bonds. The predicted octanol–water partition coefficient (Wildman–Crippen LogP) is 3.13. The molecule has 4 rings (SSSR count). The lowest BCUT2D eigenvalue weighted by Crippen LogP contribution is -2.35. The van der Waals surface area contributed by atoms with Crippen LogP contribution in [0.1, 0.15) is 53.7 Å². The third-order valence-electron chi connectivity index (χ3n) is 4.79. The van der Waals surface area contributed by atoms with E-state index in [1.165, 1.54) is 0 Å². The lowest BCUT2D eigenvalue weighted by molar-refractivity contribution is 0.0668. The highest BCUT2D eigenvalue weighted by Gasteiger charge is 2.32. The summed E-state index contributed by atoms with van der Waals surface area (Å²) in [6.45, 7) is 2.47. The van der Waals surface area contributed by atoms with E-state index in [4.69, 9.17) is 8.94 Å². The van der Waals surface area contributed by atoms with E-state index in [0.717, 1.165) is 31.2 Å². The highest BCUT2D eigenvalue weighted by atomic mass is 16.5. The van der Waals surface area contributed by atoms with E-state index in [2.05, 4.69) is 15.2 Å². The molecule has 0 N–H and O–H groups in total. The van der Waals surface area contributed by atoms with Gasteiger partial charge in [0.15, 0.2) is 5.82 Å². The Bertz CT molecular complexity index is 909. The second-order valence-corrected chi connectivity index (χ2v) is 6.61. The first-order valence-electron chi connectivity index (χ1n) is 8.81. The summed E-state index contributed by atoms with van der Waals surface area (Å²) in [6.07, 6.45) is 8.93. The molecule has 0 unspecified atom stereocenters. The van der Waals surface area contributed by atoms with Crippen LogP contribution in [0.5, 0.6) is 0 Å². The molecule has 1 aliphatic heterocycles. The van der Waals surface area contributed by atoms with E-state index in [9.17, 15) is 4.79 Å². The third-order valence-corrected chi connectivity index (χ3v) is 4.79. The van der Waals surface area contributed by atoms with Crippen LogP contribution in [0.2, 0.25) is 0 Å². The van der Waals surface area contributed by atoms with E-state index < -0.39 is 0 Å². The maximum atomic E-state index is 13.1. The summed E-state index contributed by atoms with van der Waals surface area (Å²) in [6, 6.07) is 1.52. The SMILES string of the molecule is Cc1occc1C(=O)N1CCCCC[C@@H]1c1noc(-c2cnn(C)c2)n1. The molecule has 0 aliphatic carbocycles. The topological polar surface area (TPSA) is 90.2 Å². The summed E-state index contributed by atoms with van der Waals surface area (Å²) in [5.41, 5.74) is 1.36. The van der Waals surface area contributed by atoms with Crippen molar-refractivity contribution in [3.63, 3.8) is 0 Å². The molecule has 0 radical (unpaired) electrons. The van der Waals surface area contributed by atoms with Gasteiger partial charge in [-0.2, -0.15) is 10.1 Å². The summed E-state index contributed by atoms with van der Waals surface area (Å²) in [5.74, 6) is 1.54. The number of amides is 1. The quantitative estimate of drug-likeness (QED) is 0.717. The van der Waals surface area contributed by atoms with Crippen LogP contribution in [0.25, 0.3) is 11.5 Å². The van der Waals surface area contributed by atoms with Gasteiger partial charge in [0.25, 0.3) is 11.8 Å². The third kappa shape index (κ3) is 3.02. The van der Waals surface area contributed by atoms with Crippen molar-refractivity contribution < 1.29 is 13.7 Å². The molecule has 4 heterocycles. The Balaban J connectivity index is 1.65. The number of rotatable bonds is 3. The summed E-state index contributed by atoms with van der Waals surface area (Å²) < 4.78 is 12.4. The molecule has 26 heavy (non-hydrogen) atoms. The van der Waals surface area contributed by atoms with Crippen molar-refractivity contribution in [1.29, 1.82) is 0 Å². The first kappa shape index (κ1) is 16.6. The molecule has 8 heteroatoms. The molecule has 8 nitrogen and oxygen atoms in total. The fourth-order valence-corrected chi connectivity index (χ4v) is 3.40. The van der Waals surface area contributed by atoms with E-state index in [1.54, 1.807) is 30.1 Å². The van der Waals surface area contributed by atoms with Crippen molar-refractivity contribution >= 4 is 5.91 Å². The fourth-order valence-electron chi connectivity index (χ4n) is 3.40. The largest absolute Gasteiger partial charge is 0.469 e. The van der Waals surface area contributed by atoms with Crippen molar-refractivity contribution in [2.24, 2.45) is 7.05 Å². The zero-order valence-corrected chi connectivity index (χ0v) is 14.9. The Labute approximate surface area is 150 Å².